The fraction of sp³-hybridized carbons (Fsp3) is 0.0952. The molecule has 3 aromatic carbocycles. The SMILES string of the molecule is COc1cccc(Oc2cc(NC(C)=O)ccc2-c2cccc(F)c2)c1. The molecule has 0 heterocycles. The van der Waals surface area contributed by atoms with Crippen LogP contribution >= 0.6 is 0 Å². The van der Waals surface area contributed by atoms with Gasteiger partial charge in [0.1, 0.15) is 23.1 Å². The van der Waals surface area contributed by atoms with E-state index < -0.39 is 0 Å². The van der Waals surface area contributed by atoms with Crippen molar-refractivity contribution in [1.82, 2.24) is 0 Å². The van der Waals surface area contributed by atoms with Crippen molar-refractivity contribution in [2.24, 2.45) is 0 Å². The van der Waals surface area contributed by atoms with Crippen LogP contribution in [-0.4, -0.2) is 13.0 Å². The number of nitrogens with one attached hydrogen (secondary N) is 1. The lowest BCUT2D eigenvalue weighted by Crippen LogP contribution is -2.05. The van der Waals surface area contributed by atoms with Gasteiger partial charge in [-0.15, -0.1) is 0 Å². The van der Waals surface area contributed by atoms with Crippen molar-refractivity contribution >= 4 is 11.6 Å². The molecule has 0 saturated heterocycles. The molecule has 3 rings (SSSR count). The third kappa shape index (κ3) is 4.19. The largest absolute Gasteiger partial charge is 0.497 e. The van der Waals surface area contributed by atoms with E-state index in [2.05, 4.69) is 5.32 Å². The lowest BCUT2D eigenvalue weighted by Gasteiger charge is -2.14. The minimum absolute atomic E-state index is 0.184. The molecule has 132 valence electrons. The molecule has 0 radical (unpaired) electrons. The predicted molar refractivity (Wildman–Crippen MR) is 99.2 cm³/mol. The zero-order valence-corrected chi connectivity index (χ0v) is 14.5. The van der Waals surface area contributed by atoms with Gasteiger partial charge in [-0.2, -0.15) is 0 Å². The normalized spacial score (nSPS) is 10.3. The smallest absolute Gasteiger partial charge is 0.221 e. The molecule has 1 N–H and O–H groups in total. The second-order valence-electron chi connectivity index (χ2n) is 5.68. The summed E-state index contributed by atoms with van der Waals surface area (Å²) in [6.07, 6.45) is 0. The van der Waals surface area contributed by atoms with Gasteiger partial charge in [0.25, 0.3) is 0 Å². The topological polar surface area (TPSA) is 47.6 Å². The Bertz CT molecular complexity index is 940. The van der Waals surface area contributed by atoms with E-state index in [1.165, 1.54) is 19.1 Å². The Kier molecular flexibility index (Phi) is 5.17. The van der Waals surface area contributed by atoms with Gasteiger partial charge in [-0.3, -0.25) is 4.79 Å². The van der Waals surface area contributed by atoms with Gasteiger partial charge < -0.3 is 14.8 Å². The van der Waals surface area contributed by atoms with E-state index in [1.807, 2.05) is 12.1 Å². The lowest BCUT2D eigenvalue weighted by molar-refractivity contribution is -0.114. The van der Waals surface area contributed by atoms with Gasteiger partial charge in [0.2, 0.25) is 5.91 Å². The molecule has 0 aliphatic carbocycles. The number of carbonyl (C=O) groups is 1. The van der Waals surface area contributed by atoms with Gasteiger partial charge in [0.15, 0.2) is 0 Å². The quantitative estimate of drug-likeness (QED) is 0.683. The minimum Gasteiger partial charge on any atom is -0.497 e. The standard InChI is InChI=1S/C21H18FNO3/c1-14(24)23-17-9-10-20(15-5-3-6-16(22)11-15)21(12-17)26-19-8-4-7-18(13-19)25-2/h3-13H,1-2H3,(H,23,24). The van der Waals surface area contributed by atoms with Crippen molar-refractivity contribution in [3.63, 3.8) is 0 Å². The van der Waals surface area contributed by atoms with Crippen molar-refractivity contribution in [3.05, 3.63) is 72.5 Å². The summed E-state index contributed by atoms with van der Waals surface area (Å²) in [5, 5.41) is 2.73. The van der Waals surface area contributed by atoms with E-state index in [-0.39, 0.29) is 11.7 Å². The van der Waals surface area contributed by atoms with Crippen molar-refractivity contribution in [2.45, 2.75) is 6.92 Å². The second kappa shape index (κ2) is 7.70. The van der Waals surface area contributed by atoms with Crippen molar-refractivity contribution < 1.29 is 18.7 Å². The molecule has 3 aromatic rings. The van der Waals surface area contributed by atoms with Crippen LogP contribution in [0.15, 0.2) is 66.7 Å². The number of ether oxygens (including phenoxy) is 2. The third-order valence-electron chi connectivity index (χ3n) is 3.71. The van der Waals surface area contributed by atoms with E-state index in [0.29, 0.717) is 34.1 Å². The molecule has 0 aromatic heterocycles. The van der Waals surface area contributed by atoms with Gasteiger partial charge in [-0.05, 0) is 42.0 Å². The number of hydrogen-bond acceptors (Lipinski definition) is 3. The monoisotopic (exact) mass is 351 g/mol. The Morgan fingerprint density at radius 2 is 1.73 bits per heavy atom. The number of amides is 1. The van der Waals surface area contributed by atoms with Crippen LogP contribution in [0.4, 0.5) is 10.1 Å². The van der Waals surface area contributed by atoms with E-state index in [1.54, 1.807) is 49.6 Å². The molecule has 0 unspecified atom stereocenters. The van der Waals surface area contributed by atoms with E-state index >= 15 is 0 Å². The fourth-order valence-electron chi connectivity index (χ4n) is 2.57. The number of anilines is 1. The Hall–Kier alpha value is -3.34. The highest BCUT2D eigenvalue weighted by atomic mass is 19.1. The summed E-state index contributed by atoms with van der Waals surface area (Å²) in [4.78, 5) is 11.3. The zero-order valence-electron chi connectivity index (χ0n) is 14.5. The van der Waals surface area contributed by atoms with E-state index in [0.717, 1.165) is 0 Å². The minimum atomic E-state index is -0.333. The first kappa shape index (κ1) is 17.5. The summed E-state index contributed by atoms with van der Waals surface area (Å²) in [6.45, 7) is 1.43. The highest BCUT2D eigenvalue weighted by molar-refractivity contribution is 5.89. The van der Waals surface area contributed by atoms with Gasteiger partial charge in [-0.1, -0.05) is 18.2 Å². The molecule has 0 aliphatic heterocycles. The summed E-state index contributed by atoms with van der Waals surface area (Å²) in [6, 6.07) is 18.7. The van der Waals surface area contributed by atoms with Gasteiger partial charge in [0, 0.05) is 30.3 Å². The van der Waals surface area contributed by atoms with Crippen molar-refractivity contribution in [3.8, 4) is 28.4 Å². The molecule has 0 fully saturated rings. The number of rotatable bonds is 5. The van der Waals surface area contributed by atoms with E-state index in [9.17, 15) is 9.18 Å². The Balaban J connectivity index is 2.04. The van der Waals surface area contributed by atoms with Crippen LogP contribution in [0.25, 0.3) is 11.1 Å². The molecule has 4 nitrogen and oxygen atoms in total. The maximum atomic E-state index is 13.6. The van der Waals surface area contributed by atoms with Crippen LogP contribution in [0.5, 0.6) is 17.2 Å². The highest BCUT2D eigenvalue weighted by Crippen LogP contribution is 2.36. The first-order valence-electron chi connectivity index (χ1n) is 8.04. The first-order valence-corrected chi connectivity index (χ1v) is 8.04. The van der Waals surface area contributed by atoms with Crippen LogP contribution in [0, 0.1) is 5.82 Å². The molecule has 5 heteroatoms. The summed E-state index contributed by atoms with van der Waals surface area (Å²) < 4.78 is 24.9. The van der Waals surface area contributed by atoms with Crippen LogP contribution < -0.4 is 14.8 Å². The molecular formula is C21H18FNO3. The van der Waals surface area contributed by atoms with Crippen molar-refractivity contribution in [1.29, 1.82) is 0 Å². The van der Waals surface area contributed by atoms with E-state index in [4.69, 9.17) is 9.47 Å². The van der Waals surface area contributed by atoms with Gasteiger partial charge in [-0.25, -0.2) is 4.39 Å². The van der Waals surface area contributed by atoms with Gasteiger partial charge in [0.05, 0.1) is 7.11 Å². The maximum absolute atomic E-state index is 13.6. The Morgan fingerprint density at radius 1 is 0.962 bits per heavy atom. The van der Waals surface area contributed by atoms with Crippen molar-refractivity contribution in [2.75, 3.05) is 12.4 Å². The Labute approximate surface area is 151 Å². The number of hydrogen-bond donors (Lipinski definition) is 1. The Morgan fingerprint density at radius 3 is 2.46 bits per heavy atom. The molecule has 26 heavy (non-hydrogen) atoms. The zero-order chi connectivity index (χ0) is 18.5. The molecular weight excluding hydrogens is 333 g/mol. The summed E-state index contributed by atoms with van der Waals surface area (Å²) in [7, 11) is 1.58. The van der Waals surface area contributed by atoms with Gasteiger partial charge >= 0.3 is 0 Å². The average Bonchev–Trinajstić information content (AvgIpc) is 2.61. The average molecular weight is 351 g/mol. The maximum Gasteiger partial charge on any atom is 0.221 e. The molecule has 0 atom stereocenters. The molecule has 1 amide bonds. The second-order valence-corrected chi connectivity index (χ2v) is 5.68. The summed E-state index contributed by atoms with van der Waals surface area (Å²) in [5.74, 6) is 1.21. The summed E-state index contributed by atoms with van der Waals surface area (Å²) >= 11 is 0. The molecule has 0 saturated carbocycles. The molecule has 0 aliphatic rings. The molecule has 0 spiro atoms. The van der Waals surface area contributed by atoms with Crippen LogP contribution in [0.2, 0.25) is 0 Å². The molecule has 0 bridgehead atoms. The number of carbonyl (C=O) groups excluding carboxylic acids is 1. The lowest BCUT2D eigenvalue weighted by atomic mass is 10.0. The van der Waals surface area contributed by atoms with Crippen LogP contribution in [0.1, 0.15) is 6.92 Å². The predicted octanol–water partition coefficient (Wildman–Crippen LogP) is 5.25. The fourth-order valence-corrected chi connectivity index (χ4v) is 2.57. The summed E-state index contributed by atoms with van der Waals surface area (Å²) in [5.41, 5.74) is 1.98. The number of methoxy groups -OCH3 is 1. The third-order valence-corrected chi connectivity index (χ3v) is 3.71. The van der Waals surface area contributed by atoms with Crippen LogP contribution in [0.3, 0.4) is 0 Å². The van der Waals surface area contributed by atoms with Crippen LogP contribution in [-0.2, 0) is 4.79 Å². The number of benzene rings is 3. The first-order chi connectivity index (χ1) is 12.5. The highest BCUT2D eigenvalue weighted by Gasteiger charge is 2.11. The number of halogens is 1.